The number of aliphatic carboxylic acids is 1. The third-order valence-corrected chi connectivity index (χ3v) is 6.89. The van der Waals surface area contributed by atoms with Gasteiger partial charge in [0.05, 0.1) is 14.0 Å². The predicted molar refractivity (Wildman–Crippen MR) is 81.3 cm³/mol. The summed E-state index contributed by atoms with van der Waals surface area (Å²) in [5.74, 6) is -0.748. The molecule has 1 saturated heterocycles. The standard InChI is InChI=1S/C15H28O3Si/c1-5-9-12(14(16)17)13(6-2)15(19(3)4)10-7-8-11-18-15/h19H,5-11H2,1-4H3,(H,16,17). The van der Waals surface area contributed by atoms with Crippen molar-refractivity contribution >= 4 is 14.8 Å². The van der Waals surface area contributed by atoms with Crippen LogP contribution in [0.25, 0.3) is 0 Å². The summed E-state index contributed by atoms with van der Waals surface area (Å²) in [7, 11) is -1.13. The quantitative estimate of drug-likeness (QED) is 0.599. The molecule has 1 atom stereocenters. The summed E-state index contributed by atoms with van der Waals surface area (Å²) in [5, 5.41) is 9.32. The Morgan fingerprint density at radius 2 is 2.00 bits per heavy atom. The first-order valence-electron chi connectivity index (χ1n) is 7.59. The Morgan fingerprint density at radius 1 is 1.32 bits per heavy atom. The summed E-state index contributed by atoms with van der Waals surface area (Å²) >= 11 is 0. The van der Waals surface area contributed by atoms with Gasteiger partial charge in [-0.2, -0.15) is 0 Å². The second-order valence-electron chi connectivity index (χ2n) is 5.72. The highest BCUT2D eigenvalue weighted by Crippen LogP contribution is 2.38. The molecule has 0 radical (unpaired) electrons. The van der Waals surface area contributed by atoms with Gasteiger partial charge in [-0.3, -0.25) is 0 Å². The van der Waals surface area contributed by atoms with Gasteiger partial charge in [0.15, 0.2) is 0 Å². The van der Waals surface area contributed by atoms with Crippen LogP contribution in [0.1, 0.15) is 52.4 Å². The van der Waals surface area contributed by atoms with Crippen molar-refractivity contribution in [3.8, 4) is 0 Å². The number of carboxylic acid groups (broad SMARTS) is 1. The Labute approximate surface area is 118 Å². The van der Waals surface area contributed by atoms with Crippen molar-refractivity contribution in [3.05, 3.63) is 11.1 Å². The molecule has 1 aliphatic rings. The first-order chi connectivity index (χ1) is 8.99. The van der Waals surface area contributed by atoms with E-state index in [1.807, 2.05) is 6.92 Å². The third-order valence-electron chi connectivity index (χ3n) is 4.22. The molecule has 1 aliphatic heterocycles. The highest BCUT2D eigenvalue weighted by Gasteiger charge is 2.41. The summed E-state index contributed by atoms with van der Waals surface area (Å²) in [6, 6.07) is 0. The number of hydrogen-bond donors (Lipinski definition) is 1. The van der Waals surface area contributed by atoms with E-state index >= 15 is 0 Å². The molecular weight excluding hydrogens is 256 g/mol. The molecule has 0 aromatic heterocycles. The first kappa shape index (κ1) is 16.4. The molecule has 0 bridgehead atoms. The molecule has 1 N–H and O–H groups in total. The normalized spacial score (nSPS) is 25.3. The van der Waals surface area contributed by atoms with Crippen molar-refractivity contribution in [3.63, 3.8) is 0 Å². The van der Waals surface area contributed by atoms with Crippen LogP contribution in [-0.4, -0.2) is 31.7 Å². The molecule has 0 spiro atoms. The number of rotatable bonds is 6. The Balaban J connectivity index is 3.28. The Hall–Kier alpha value is -0.613. The zero-order valence-electron chi connectivity index (χ0n) is 12.8. The lowest BCUT2D eigenvalue weighted by molar-refractivity contribution is -0.133. The summed E-state index contributed by atoms with van der Waals surface area (Å²) < 4.78 is 6.20. The molecule has 0 aromatic rings. The SMILES string of the molecule is CCCC(C(=O)O)=C(CC)C1([SiH](C)C)CCCCO1. The van der Waals surface area contributed by atoms with E-state index in [9.17, 15) is 9.90 Å². The van der Waals surface area contributed by atoms with Crippen molar-refractivity contribution in [2.75, 3.05) is 6.61 Å². The van der Waals surface area contributed by atoms with Crippen LogP contribution >= 0.6 is 0 Å². The van der Waals surface area contributed by atoms with Crippen LogP contribution in [0.5, 0.6) is 0 Å². The van der Waals surface area contributed by atoms with Gasteiger partial charge in [-0.1, -0.05) is 33.4 Å². The monoisotopic (exact) mass is 284 g/mol. The summed E-state index contributed by atoms with van der Waals surface area (Å²) in [5.41, 5.74) is 1.70. The minimum Gasteiger partial charge on any atom is -0.478 e. The lowest BCUT2D eigenvalue weighted by Gasteiger charge is -2.43. The van der Waals surface area contributed by atoms with E-state index in [4.69, 9.17) is 4.74 Å². The molecule has 3 nitrogen and oxygen atoms in total. The minimum atomic E-state index is -1.13. The van der Waals surface area contributed by atoms with Gasteiger partial charge in [0.25, 0.3) is 0 Å². The lowest BCUT2D eigenvalue weighted by Crippen LogP contribution is -2.49. The maximum Gasteiger partial charge on any atom is 0.331 e. The number of ether oxygens (including phenoxy) is 1. The van der Waals surface area contributed by atoms with Crippen molar-refractivity contribution in [2.45, 2.75) is 70.7 Å². The summed E-state index contributed by atoms with van der Waals surface area (Å²) in [6.07, 6.45) is 5.61. The Bertz CT molecular complexity index is 341. The fourth-order valence-corrected chi connectivity index (χ4v) is 5.57. The number of hydrogen-bond acceptors (Lipinski definition) is 2. The van der Waals surface area contributed by atoms with Crippen molar-refractivity contribution < 1.29 is 14.6 Å². The fourth-order valence-electron chi connectivity index (χ4n) is 3.26. The number of carbonyl (C=O) groups is 1. The van der Waals surface area contributed by atoms with Crippen molar-refractivity contribution in [2.24, 2.45) is 0 Å². The summed E-state index contributed by atoms with van der Waals surface area (Å²) in [4.78, 5) is 11.6. The van der Waals surface area contributed by atoms with E-state index < -0.39 is 14.8 Å². The van der Waals surface area contributed by atoms with Crippen molar-refractivity contribution in [1.29, 1.82) is 0 Å². The van der Waals surface area contributed by atoms with Crippen LogP contribution in [0.4, 0.5) is 0 Å². The van der Waals surface area contributed by atoms with Gasteiger partial charge < -0.3 is 9.84 Å². The van der Waals surface area contributed by atoms with Gasteiger partial charge >= 0.3 is 5.97 Å². The van der Waals surface area contributed by atoms with Crippen molar-refractivity contribution in [1.82, 2.24) is 0 Å². The van der Waals surface area contributed by atoms with E-state index in [0.717, 1.165) is 44.3 Å². The highest BCUT2D eigenvalue weighted by molar-refractivity contribution is 6.60. The van der Waals surface area contributed by atoms with E-state index in [0.29, 0.717) is 12.0 Å². The molecule has 1 unspecified atom stereocenters. The van der Waals surface area contributed by atoms with Crippen LogP contribution in [0.2, 0.25) is 13.1 Å². The third kappa shape index (κ3) is 3.48. The van der Waals surface area contributed by atoms with Gasteiger partial charge in [-0.25, -0.2) is 4.79 Å². The molecule has 4 heteroatoms. The van der Waals surface area contributed by atoms with E-state index in [1.165, 1.54) is 0 Å². The minimum absolute atomic E-state index is 0.212. The fraction of sp³-hybridized carbons (Fsp3) is 0.800. The number of carboxylic acids is 1. The van der Waals surface area contributed by atoms with Gasteiger partial charge in [0.1, 0.15) is 0 Å². The van der Waals surface area contributed by atoms with Gasteiger partial charge in [0, 0.05) is 12.2 Å². The average Bonchev–Trinajstić information content (AvgIpc) is 2.39. The molecule has 1 rings (SSSR count). The van der Waals surface area contributed by atoms with Gasteiger partial charge in [-0.05, 0) is 37.7 Å². The lowest BCUT2D eigenvalue weighted by atomic mass is 9.91. The van der Waals surface area contributed by atoms with Crippen LogP contribution in [-0.2, 0) is 9.53 Å². The smallest absolute Gasteiger partial charge is 0.331 e. The van der Waals surface area contributed by atoms with Gasteiger partial charge in [-0.15, -0.1) is 0 Å². The average molecular weight is 284 g/mol. The first-order valence-corrected chi connectivity index (χ1v) is 10.5. The molecule has 1 fully saturated rings. The molecule has 0 amide bonds. The largest absolute Gasteiger partial charge is 0.478 e. The van der Waals surface area contributed by atoms with E-state index in [-0.39, 0.29) is 5.22 Å². The molecule has 110 valence electrons. The highest BCUT2D eigenvalue weighted by atomic mass is 28.3. The maximum atomic E-state index is 11.6. The maximum absolute atomic E-state index is 11.6. The van der Waals surface area contributed by atoms with Crippen LogP contribution < -0.4 is 0 Å². The zero-order valence-corrected chi connectivity index (χ0v) is 13.9. The Morgan fingerprint density at radius 3 is 2.37 bits per heavy atom. The summed E-state index contributed by atoms with van der Waals surface area (Å²) in [6.45, 7) is 9.47. The molecule has 0 aliphatic carbocycles. The van der Waals surface area contributed by atoms with Gasteiger partial charge in [0.2, 0.25) is 0 Å². The molecular formula is C15H28O3Si. The van der Waals surface area contributed by atoms with Crippen LogP contribution in [0, 0.1) is 0 Å². The Kier molecular flexibility index (Phi) is 6.27. The van der Waals surface area contributed by atoms with Crippen LogP contribution in [0.3, 0.4) is 0 Å². The van der Waals surface area contributed by atoms with E-state index in [2.05, 4.69) is 20.0 Å². The second-order valence-corrected chi connectivity index (χ2v) is 8.96. The van der Waals surface area contributed by atoms with Crippen LogP contribution in [0.15, 0.2) is 11.1 Å². The molecule has 0 saturated carbocycles. The van der Waals surface area contributed by atoms with E-state index in [1.54, 1.807) is 0 Å². The zero-order chi connectivity index (χ0) is 14.5. The second kappa shape index (κ2) is 7.24. The topological polar surface area (TPSA) is 46.5 Å². The predicted octanol–water partition coefficient (Wildman–Crippen LogP) is 3.54. The molecule has 19 heavy (non-hydrogen) atoms. The molecule has 1 heterocycles. The molecule has 0 aromatic carbocycles.